The molecule has 0 atom stereocenters. The number of rotatable bonds is 18. The molecule has 0 aliphatic carbocycles. The summed E-state index contributed by atoms with van der Waals surface area (Å²) in [5.74, 6) is -1.10. The van der Waals surface area contributed by atoms with Crippen LogP contribution in [0.5, 0.6) is 0 Å². The molecular weight excluding hydrogens is 356 g/mol. The van der Waals surface area contributed by atoms with Crippen LogP contribution in [0, 0.1) is 0 Å². The number of nitrogens with two attached hydrogens (primary N) is 1. The Bertz CT molecular complexity index is 441. The summed E-state index contributed by atoms with van der Waals surface area (Å²) in [6, 6.07) is 0. The van der Waals surface area contributed by atoms with Crippen molar-refractivity contribution in [2.45, 2.75) is 104 Å². The van der Waals surface area contributed by atoms with E-state index in [1.54, 1.807) is 0 Å². The fourth-order valence-electron chi connectivity index (χ4n) is 2.98. The van der Waals surface area contributed by atoms with Gasteiger partial charge in [-0.05, 0) is 12.8 Å². The number of carbonyl (C=O) groups is 2. The van der Waals surface area contributed by atoms with Gasteiger partial charge in [-0.2, -0.15) is 0 Å². The molecule has 0 bridgehead atoms. The largest absolute Gasteiger partial charge is 0.480 e. The van der Waals surface area contributed by atoms with E-state index in [1.165, 1.54) is 56.3 Å². The lowest BCUT2D eigenvalue weighted by Gasteiger charge is -2.20. The molecule has 0 heterocycles. The summed E-state index contributed by atoms with van der Waals surface area (Å²) < 4.78 is 0. The van der Waals surface area contributed by atoms with E-state index in [-0.39, 0.29) is 18.4 Å². The lowest BCUT2D eigenvalue weighted by molar-refractivity contribution is -0.137. The van der Waals surface area contributed by atoms with Crippen LogP contribution < -0.4 is 11.2 Å². The molecule has 1 amide bonds. The Morgan fingerprint density at radius 1 is 0.857 bits per heavy atom. The van der Waals surface area contributed by atoms with Gasteiger partial charge < -0.3 is 15.7 Å². The minimum absolute atomic E-state index is 0.0446. The highest BCUT2D eigenvalue weighted by atomic mass is 16.4. The molecule has 0 radical (unpaired) electrons. The van der Waals surface area contributed by atoms with Crippen molar-refractivity contribution in [3.63, 3.8) is 0 Å². The molecule has 0 aliphatic heterocycles. The third-order valence-corrected chi connectivity index (χ3v) is 4.73. The van der Waals surface area contributed by atoms with E-state index in [0.717, 1.165) is 32.1 Å². The number of unbranched alkanes of at least 4 members (excludes halogenated alkanes) is 11. The van der Waals surface area contributed by atoms with Gasteiger partial charge in [0, 0.05) is 13.0 Å². The number of carboxylic acids is 1. The van der Waals surface area contributed by atoms with E-state index in [9.17, 15) is 9.59 Å². The number of carbonyl (C=O) groups excluding carboxylic acids is 1. The molecular formula is C21H42N4O3. The van der Waals surface area contributed by atoms with E-state index < -0.39 is 5.97 Å². The summed E-state index contributed by atoms with van der Waals surface area (Å²) in [5, 5.41) is 12.8. The van der Waals surface area contributed by atoms with E-state index in [4.69, 9.17) is 10.8 Å². The molecule has 0 fully saturated rings. The maximum Gasteiger partial charge on any atom is 0.323 e. The average molecular weight is 399 g/mol. The second-order valence-electron chi connectivity index (χ2n) is 7.46. The highest BCUT2D eigenvalue weighted by Crippen LogP contribution is 2.11. The quantitative estimate of drug-likeness (QED) is 0.139. The minimum Gasteiger partial charge on any atom is -0.480 e. The van der Waals surface area contributed by atoms with E-state index in [2.05, 4.69) is 17.5 Å². The van der Waals surface area contributed by atoms with Crippen molar-refractivity contribution in [1.82, 2.24) is 10.3 Å². The second kappa shape index (κ2) is 18.6. The van der Waals surface area contributed by atoms with Crippen LogP contribution in [-0.2, 0) is 9.59 Å². The van der Waals surface area contributed by atoms with Crippen LogP contribution in [0.4, 0.5) is 0 Å². The molecule has 164 valence electrons. The number of carboxylic acid groups (broad SMARTS) is 1. The standard InChI is InChI=1S/C21H42N4O3/c1-3-5-7-8-9-10-11-12-13-14-15-16-19(26)23-24-21(22)25(17-6-4-2)18-20(27)28/h3-18H2,1-2H3,(H2,22,24)(H,23,26)(H,27,28). The predicted molar refractivity (Wildman–Crippen MR) is 115 cm³/mol. The molecule has 0 unspecified atom stereocenters. The second-order valence-corrected chi connectivity index (χ2v) is 7.46. The summed E-state index contributed by atoms with van der Waals surface area (Å²) in [4.78, 5) is 24.2. The summed E-state index contributed by atoms with van der Waals surface area (Å²) in [7, 11) is 0. The Hall–Kier alpha value is -1.79. The van der Waals surface area contributed by atoms with Crippen molar-refractivity contribution < 1.29 is 14.7 Å². The maximum absolute atomic E-state index is 11.9. The smallest absolute Gasteiger partial charge is 0.323 e. The van der Waals surface area contributed by atoms with Crippen LogP contribution >= 0.6 is 0 Å². The minimum atomic E-state index is -0.971. The normalized spacial score (nSPS) is 11.4. The zero-order valence-corrected chi connectivity index (χ0v) is 18.0. The van der Waals surface area contributed by atoms with Crippen molar-refractivity contribution in [2.75, 3.05) is 13.1 Å². The van der Waals surface area contributed by atoms with Gasteiger partial charge in [-0.15, -0.1) is 5.10 Å². The van der Waals surface area contributed by atoms with Gasteiger partial charge in [0.15, 0.2) is 0 Å². The van der Waals surface area contributed by atoms with Crippen LogP contribution in [0.2, 0.25) is 0 Å². The van der Waals surface area contributed by atoms with E-state index in [1.807, 2.05) is 6.92 Å². The van der Waals surface area contributed by atoms with E-state index >= 15 is 0 Å². The average Bonchev–Trinajstić information content (AvgIpc) is 2.67. The maximum atomic E-state index is 11.9. The van der Waals surface area contributed by atoms with Crippen molar-refractivity contribution in [3.8, 4) is 0 Å². The molecule has 4 N–H and O–H groups in total. The third-order valence-electron chi connectivity index (χ3n) is 4.73. The molecule has 0 saturated heterocycles. The molecule has 0 aromatic heterocycles. The fraction of sp³-hybridized carbons (Fsp3) is 0.857. The first kappa shape index (κ1) is 26.2. The third kappa shape index (κ3) is 16.4. The Labute approximate surface area is 171 Å². The molecule has 0 aromatic carbocycles. The van der Waals surface area contributed by atoms with Crippen molar-refractivity contribution in [1.29, 1.82) is 0 Å². The van der Waals surface area contributed by atoms with Gasteiger partial charge >= 0.3 is 5.97 Å². The number of aliphatic carboxylic acids is 1. The van der Waals surface area contributed by atoms with Gasteiger partial charge in [0.2, 0.25) is 11.9 Å². The SMILES string of the molecule is CCCCCCCCCCCCCC(=O)NN=C(N)N(CCCC)CC(=O)O. The zero-order valence-electron chi connectivity index (χ0n) is 18.0. The van der Waals surface area contributed by atoms with Crippen LogP contribution in [-0.4, -0.2) is 40.9 Å². The van der Waals surface area contributed by atoms with Crippen molar-refractivity contribution in [2.24, 2.45) is 10.8 Å². The zero-order chi connectivity index (χ0) is 21.0. The molecule has 0 aromatic rings. The van der Waals surface area contributed by atoms with Gasteiger partial charge in [-0.25, -0.2) is 5.43 Å². The first-order valence-corrected chi connectivity index (χ1v) is 11.1. The number of hydrazone groups is 1. The molecule has 7 heteroatoms. The lowest BCUT2D eigenvalue weighted by Crippen LogP contribution is -2.42. The van der Waals surface area contributed by atoms with Gasteiger partial charge in [-0.3, -0.25) is 9.59 Å². The Morgan fingerprint density at radius 2 is 1.36 bits per heavy atom. The Balaban J connectivity index is 3.81. The summed E-state index contributed by atoms with van der Waals surface area (Å²) >= 11 is 0. The van der Waals surface area contributed by atoms with Gasteiger partial charge in [0.1, 0.15) is 6.54 Å². The van der Waals surface area contributed by atoms with Crippen LogP contribution in [0.15, 0.2) is 5.10 Å². The lowest BCUT2D eigenvalue weighted by atomic mass is 10.1. The van der Waals surface area contributed by atoms with Crippen LogP contribution in [0.3, 0.4) is 0 Å². The molecule has 7 nitrogen and oxygen atoms in total. The summed E-state index contributed by atoms with van der Waals surface area (Å²) in [6.07, 6.45) is 15.8. The number of guanidine groups is 1. The number of hydrogen-bond acceptors (Lipinski definition) is 3. The van der Waals surface area contributed by atoms with Gasteiger partial charge in [-0.1, -0.05) is 84.5 Å². The number of hydrogen-bond donors (Lipinski definition) is 3. The fourth-order valence-corrected chi connectivity index (χ4v) is 2.98. The topological polar surface area (TPSA) is 108 Å². The van der Waals surface area contributed by atoms with Gasteiger partial charge in [0.25, 0.3) is 0 Å². The molecule has 28 heavy (non-hydrogen) atoms. The Kier molecular flexibility index (Phi) is 17.4. The van der Waals surface area contributed by atoms with Crippen LogP contribution in [0.25, 0.3) is 0 Å². The molecule has 0 saturated carbocycles. The summed E-state index contributed by atoms with van der Waals surface area (Å²) in [6.45, 7) is 4.54. The summed E-state index contributed by atoms with van der Waals surface area (Å²) in [5.41, 5.74) is 8.25. The Morgan fingerprint density at radius 3 is 1.86 bits per heavy atom. The molecule has 0 rings (SSSR count). The number of nitrogens with zero attached hydrogens (tertiary/aromatic N) is 2. The van der Waals surface area contributed by atoms with Crippen molar-refractivity contribution >= 4 is 17.8 Å². The van der Waals surface area contributed by atoms with E-state index in [0.29, 0.717) is 13.0 Å². The monoisotopic (exact) mass is 398 g/mol. The molecule has 0 spiro atoms. The number of nitrogens with one attached hydrogen (secondary N) is 1. The predicted octanol–water partition coefficient (Wildman–Crippen LogP) is 4.22. The number of amides is 1. The highest BCUT2D eigenvalue weighted by Gasteiger charge is 2.12. The van der Waals surface area contributed by atoms with Crippen LogP contribution in [0.1, 0.15) is 104 Å². The first-order chi connectivity index (χ1) is 13.5. The first-order valence-electron chi connectivity index (χ1n) is 11.1. The van der Waals surface area contributed by atoms with Gasteiger partial charge in [0.05, 0.1) is 0 Å². The molecule has 0 aliphatic rings. The van der Waals surface area contributed by atoms with Crippen molar-refractivity contribution in [3.05, 3.63) is 0 Å². The highest BCUT2D eigenvalue weighted by molar-refractivity contribution is 5.84.